The minimum absolute atomic E-state index is 0.0360. The fourth-order valence-corrected chi connectivity index (χ4v) is 2.42. The van der Waals surface area contributed by atoms with E-state index in [1.807, 2.05) is 61.5 Å². The van der Waals surface area contributed by atoms with Gasteiger partial charge in [-0.1, -0.05) is 30.0 Å². The molecule has 0 bridgehead atoms. The molecule has 0 aliphatic carbocycles. The Hall–Kier alpha value is -3.52. The molecule has 3 rings (SSSR count). The highest BCUT2D eigenvalue weighted by Crippen LogP contribution is 2.18. The summed E-state index contributed by atoms with van der Waals surface area (Å²) in [7, 11) is 0. The Bertz CT molecular complexity index is 989. The zero-order chi connectivity index (χ0) is 18.9. The number of hydrogen-bond donors (Lipinski definition) is 1. The molecular formula is C22H20N2O3. The highest BCUT2D eigenvalue weighted by molar-refractivity contribution is 5.79. The van der Waals surface area contributed by atoms with Crippen molar-refractivity contribution in [3.05, 3.63) is 66.4 Å². The van der Waals surface area contributed by atoms with Crippen LogP contribution in [0.4, 0.5) is 0 Å². The van der Waals surface area contributed by atoms with E-state index in [9.17, 15) is 4.79 Å². The molecule has 27 heavy (non-hydrogen) atoms. The molecule has 2 aromatic carbocycles. The summed E-state index contributed by atoms with van der Waals surface area (Å²) in [5, 5.41) is 3.75. The van der Waals surface area contributed by atoms with Crippen LogP contribution in [-0.2, 0) is 4.79 Å². The highest BCUT2D eigenvalue weighted by Gasteiger charge is 2.01. The van der Waals surface area contributed by atoms with Crippen molar-refractivity contribution in [2.45, 2.75) is 6.92 Å². The zero-order valence-electron chi connectivity index (χ0n) is 15.1. The van der Waals surface area contributed by atoms with Crippen molar-refractivity contribution in [1.82, 2.24) is 10.3 Å². The average Bonchev–Trinajstić information content (AvgIpc) is 2.69. The van der Waals surface area contributed by atoms with Crippen LogP contribution in [0.1, 0.15) is 5.56 Å². The van der Waals surface area contributed by atoms with Gasteiger partial charge in [-0.05, 0) is 42.8 Å². The Morgan fingerprint density at radius 2 is 1.93 bits per heavy atom. The van der Waals surface area contributed by atoms with Gasteiger partial charge in [-0.25, -0.2) is 0 Å². The first-order valence-electron chi connectivity index (χ1n) is 8.60. The first kappa shape index (κ1) is 18.3. The molecule has 136 valence electrons. The maximum Gasteiger partial charge on any atom is 0.258 e. The van der Waals surface area contributed by atoms with Crippen LogP contribution < -0.4 is 14.8 Å². The number of rotatable bonds is 6. The van der Waals surface area contributed by atoms with Crippen LogP contribution in [0.2, 0.25) is 0 Å². The quantitative estimate of drug-likeness (QED) is 0.686. The number of hydrogen-bond acceptors (Lipinski definition) is 4. The van der Waals surface area contributed by atoms with Crippen LogP contribution in [0.15, 0.2) is 60.8 Å². The second kappa shape index (κ2) is 9.25. The van der Waals surface area contributed by atoms with Gasteiger partial charge >= 0.3 is 0 Å². The van der Waals surface area contributed by atoms with Gasteiger partial charge in [0.25, 0.3) is 5.91 Å². The fraction of sp³-hybridized carbons (Fsp3) is 0.182. The van der Waals surface area contributed by atoms with E-state index in [-0.39, 0.29) is 25.7 Å². The van der Waals surface area contributed by atoms with Gasteiger partial charge < -0.3 is 14.8 Å². The maximum atomic E-state index is 11.7. The SMILES string of the molecule is Cc1cccc(OCC(=O)NCC#CCOc2ccc3cccnc3c2)c1. The molecule has 0 aliphatic heterocycles. The van der Waals surface area contributed by atoms with E-state index in [0.717, 1.165) is 16.5 Å². The van der Waals surface area contributed by atoms with Crippen molar-refractivity contribution >= 4 is 16.8 Å². The number of pyridine rings is 1. The summed E-state index contributed by atoms with van der Waals surface area (Å²) < 4.78 is 11.0. The van der Waals surface area contributed by atoms with Crippen molar-refractivity contribution in [3.63, 3.8) is 0 Å². The number of ether oxygens (including phenoxy) is 2. The number of nitrogens with zero attached hydrogens (tertiary/aromatic N) is 1. The van der Waals surface area contributed by atoms with Crippen LogP contribution >= 0.6 is 0 Å². The number of aryl methyl sites for hydroxylation is 1. The summed E-state index contributed by atoms with van der Waals surface area (Å²) in [6.45, 7) is 2.43. The van der Waals surface area contributed by atoms with Crippen LogP contribution in [0, 0.1) is 18.8 Å². The van der Waals surface area contributed by atoms with Crippen LogP contribution in [-0.4, -0.2) is 30.6 Å². The van der Waals surface area contributed by atoms with E-state index < -0.39 is 0 Å². The summed E-state index contributed by atoms with van der Waals surface area (Å²) in [5.74, 6) is 6.90. The summed E-state index contributed by atoms with van der Waals surface area (Å²) in [5.41, 5.74) is 1.96. The molecule has 0 radical (unpaired) electrons. The molecular weight excluding hydrogens is 340 g/mol. The Kier molecular flexibility index (Phi) is 6.26. The molecule has 1 heterocycles. The Balaban J connectivity index is 1.36. The first-order chi connectivity index (χ1) is 13.2. The first-order valence-corrected chi connectivity index (χ1v) is 8.60. The lowest BCUT2D eigenvalue weighted by molar-refractivity contribution is -0.122. The van der Waals surface area contributed by atoms with Gasteiger partial charge in [0.2, 0.25) is 0 Å². The number of benzene rings is 2. The van der Waals surface area contributed by atoms with Crippen LogP contribution in [0.5, 0.6) is 11.5 Å². The lowest BCUT2D eigenvalue weighted by atomic mass is 10.2. The van der Waals surface area contributed by atoms with Crippen molar-refractivity contribution in [1.29, 1.82) is 0 Å². The van der Waals surface area contributed by atoms with Gasteiger partial charge in [0.1, 0.15) is 18.1 Å². The number of carbonyl (C=O) groups is 1. The van der Waals surface area contributed by atoms with Crippen LogP contribution in [0.3, 0.4) is 0 Å². The van der Waals surface area contributed by atoms with Crippen molar-refractivity contribution in [2.24, 2.45) is 0 Å². The van der Waals surface area contributed by atoms with Gasteiger partial charge in [0.15, 0.2) is 6.61 Å². The largest absolute Gasteiger partial charge is 0.484 e. The third kappa shape index (κ3) is 5.75. The van der Waals surface area contributed by atoms with E-state index in [4.69, 9.17) is 9.47 Å². The predicted molar refractivity (Wildman–Crippen MR) is 105 cm³/mol. The lowest BCUT2D eigenvalue weighted by Crippen LogP contribution is -2.29. The molecule has 1 aromatic heterocycles. The van der Waals surface area contributed by atoms with E-state index in [2.05, 4.69) is 22.1 Å². The van der Waals surface area contributed by atoms with Crippen molar-refractivity contribution in [2.75, 3.05) is 19.8 Å². The van der Waals surface area contributed by atoms with E-state index in [1.165, 1.54) is 0 Å². The molecule has 0 aliphatic rings. The van der Waals surface area contributed by atoms with Gasteiger partial charge in [0.05, 0.1) is 12.1 Å². The third-order valence-corrected chi connectivity index (χ3v) is 3.75. The topological polar surface area (TPSA) is 60.5 Å². The number of fused-ring (bicyclic) bond motifs is 1. The average molecular weight is 360 g/mol. The smallest absolute Gasteiger partial charge is 0.258 e. The fourth-order valence-electron chi connectivity index (χ4n) is 2.42. The third-order valence-electron chi connectivity index (χ3n) is 3.75. The summed E-state index contributed by atoms with van der Waals surface area (Å²) >= 11 is 0. The summed E-state index contributed by atoms with van der Waals surface area (Å²) in [4.78, 5) is 16.0. The molecule has 1 amide bonds. The van der Waals surface area contributed by atoms with Crippen molar-refractivity contribution in [3.8, 4) is 23.3 Å². The Morgan fingerprint density at radius 1 is 1.04 bits per heavy atom. The zero-order valence-corrected chi connectivity index (χ0v) is 15.1. The molecule has 0 spiro atoms. The predicted octanol–water partition coefficient (Wildman–Crippen LogP) is 3.12. The van der Waals surface area contributed by atoms with Crippen molar-refractivity contribution < 1.29 is 14.3 Å². The van der Waals surface area contributed by atoms with Gasteiger partial charge in [0, 0.05) is 17.6 Å². The van der Waals surface area contributed by atoms with E-state index in [1.54, 1.807) is 6.20 Å². The molecule has 0 fully saturated rings. The van der Waals surface area contributed by atoms with Crippen LogP contribution in [0.25, 0.3) is 10.9 Å². The van der Waals surface area contributed by atoms with E-state index >= 15 is 0 Å². The molecule has 1 N–H and O–H groups in total. The molecule has 0 saturated heterocycles. The van der Waals surface area contributed by atoms with E-state index in [0.29, 0.717) is 11.5 Å². The molecule has 5 heteroatoms. The highest BCUT2D eigenvalue weighted by atomic mass is 16.5. The number of aromatic nitrogens is 1. The molecule has 3 aromatic rings. The van der Waals surface area contributed by atoms with Gasteiger partial charge in [-0.2, -0.15) is 0 Å². The number of carbonyl (C=O) groups excluding carboxylic acids is 1. The normalized spacial score (nSPS) is 9.96. The monoisotopic (exact) mass is 360 g/mol. The second-order valence-corrected chi connectivity index (χ2v) is 5.88. The lowest BCUT2D eigenvalue weighted by Gasteiger charge is -2.06. The second-order valence-electron chi connectivity index (χ2n) is 5.88. The minimum Gasteiger partial charge on any atom is -0.484 e. The Morgan fingerprint density at radius 3 is 2.81 bits per heavy atom. The maximum absolute atomic E-state index is 11.7. The molecule has 0 atom stereocenters. The number of amides is 1. The van der Waals surface area contributed by atoms with Gasteiger partial charge in [-0.15, -0.1) is 0 Å². The molecule has 0 unspecified atom stereocenters. The summed E-state index contributed by atoms with van der Waals surface area (Å²) in [6, 6.07) is 17.2. The standard InChI is InChI=1S/C22H20N2O3/c1-17-6-4-8-19(14-17)27-16-22(25)24-11-2-3-13-26-20-10-9-18-7-5-12-23-21(18)15-20/h4-10,12,14-15H,11,13,16H2,1H3,(H,24,25). The van der Waals surface area contributed by atoms with Gasteiger partial charge in [-0.3, -0.25) is 9.78 Å². The molecule has 0 saturated carbocycles. The Labute approximate surface area is 158 Å². The number of nitrogens with one attached hydrogen (secondary N) is 1. The summed E-state index contributed by atoms with van der Waals surface area (Å²) in [6.07, 6.45) is 1.75. The molecule has 5 nitrogen and oxygen atoms in total. The minimum atomic E-state index is -0.215.